The van der Waals surface area contributed by atoms with E-state index in [0.717, 1.165) is 0 Å². The summed E-state index contributed by atoms with van der Waals surface area (Å²) in [4.78, 5) is 15.9. The van der Waals surface area contributed by atoms with Crippen molar-refractivity contribution in [1.82, 2.24) is 0 Å². The van der Waals surface area contributed by atoms with E-state index in [2.05, 4.69) is 15.3 Å². The van der Waals surface area contributed by atoms with Crippen LogP contribution in [0.25, 0.3) is 0 Å². The summed E-state index contributed by atoms with van der Waals surface area (Å²) < 4.78 is 10.3. The van der Waals surface area contributed by atoms with Gasteiger partial charge in [-0.25, -0.2) is 4.79 Å². The van der Waals surface area contributed by atoms with Crippen LogP contribution in [0.15, 0.2) is 23.4 Å². The summed E-state index contributed by atoms with van der Waals surface area (Å²) in [5.41, 5.74) is 1.22. The van der Waals surface area contributed by atoms with Crippen molar-refractivity contribution < 1.29 is 19.1 Å². The topological polar surface area (TPSA) is 69.2 Å². The molecule has 0 aromatic heterocycles. The lowest BCUT2D eigenvalue weighted by Crippen LogP contribution is -2.11. The normalized spacial score (nSPS) is 11.9. The van der Waals surface area contributed by atoms with Crippen LogP contribution in [0.5, 0.6) is 11.5 Å². The largest absolute Gasteiger partial charge is 0.454 e. The molecule has 0 saturated heterocycles. The Balaban J connectivity index is 1.99. The second kappa shape index (κ2) is 4.73. The molecule has 1 N–H and O–H groups in total. The second-order valence-electron chi connectivity index (χ2n) is 3.61. The molecule has 6 heteroatoms. The number of benzene rings is 1. The molecule has 1 aromatic carbocycles. The van der Waals surface area contributed by atoms with Crippen molar-refractivity contribution in [1.29, 1.82) is 0 Å². The zero-order chi connectivity index (χ0) is 12.3. The van der Waals surface area contributed by atoms with Gasteiger partial charge in [0.2, 0.25) is 6.79 Å². The van der Waals surface area contributed by atoms with Crippen LogP contribution >= 0.6 is 0 Å². The van der Waals surface area contributed by atoms with E-state index in [-0.39, 0.29) is 6.79 Å². The molecule has 2 rings (SSSR count). The first-order chi connectivity index (χ1) is 8.15. The molecule has 0 bridgehead atoms. The molecule has 6 nitrogen and oxygen atoms in total. The van der Waals surface area contributed by atoms with Gasteiger partial charge in [-0.3, -0.25) is 10.2 Å². The van der Waals surface area contributed by atoms with E-state index in [0.29, 0.717) is 22.9 Å². The van der Waals surface area contributed by atoms with Gasteiger partial charge in [0, 0.05) is 11.8 Å². The smallest absolute Gasteiger partial charge is 0.437 e. The number of anilines is 1. The van der Waals surface area contributed by atoms with Crippen LogP contribution in [-0.4, -0.2) is 18.6 Å². The molecule has 17 heavy (non-hydrogen) atoms. The zero-order valence-electron chi connectivity index (χ0n) is 9.52. The molecular weight excluding hydrogens is 224 g/mol. The van der Waals surface area contributed by atoms with Crippen LogP contribution in [0.3, 0.4) is 0 Å². The molecule has 0 saturated carbocycles. The molecule has 1 aromatic rings. The summed E-state index contributed by atoms with van der Waals surface area (Å²) in [6.45, 7) is 3.66. The molecule has 0 spiro atoms. The van der Waals surface area contributed by atoms with Crippen molar-refractivity contribution in [2.75, 3.05) is 12.1 Å². The fraction of sp³-hybridized carbons (Fsp3) is 0.273. The molecule has 1 aliphatic rings. The number of amides is 1. The molecule has 0 atom stereocenters. The van der Waals surface area contributed by atoms with Crippen molar-refractivity contribution in [3.63, 3.8) is 0 Å². The van der Waals surface area contributed by atoms with Gasteiger partial charge in [0.15, 0.2) is 11.5 Å². The summed E-state index contributed by atoms with van der Waals surface area (Å²) >= 11 is 0. The van der Waals surface area contributed by atoms with Crippen LogP contribution < -0.4 is 14.8 Å². The number of nitrogens with zero attached hydrogens (tertiary/aromatic N) is 1. The molecule has 1 heterocycles. The lowest BCUT2D eigenvalue weighted by atomic mass is 10.3. The standard InChI is InChI=1S/C11H12N2O4/c1-7(2)13-17-11(14)12-8-3-4-9-10(5-8)16-6-15-9/h3-5H,6H2,1-2H3,(H,12,14). The van der Waals surface area contributed by atoms with Gasteiger partial charge in [0.05, 0.1) is 5.71 Å². The van der Waals surface area contributed by atoms with Crippen LogP contribution in [0.1, 0.15) is 13.8 Å². The highest BCUT2D eigenvalue weighted by atomic mass is 16.7. The highest BCUT2D eigenvalue weighted by molar-refractivity contribution is 5.86. The highest BCUT2D eigenvalue weighted by Gasteiger charge is 2.14. The Labute approximate surface area is 98.2 Å². The summed E-state index contributed by atoms with van der Waals surface area (Å²) in [7, 11) is 0. The average molecular weight is 236 g/mol. The van der Waals surface area contributed by atoms with Crippen LogP contribution in [-0.2, 0) is 4.84 Å². The number of ether oxygens (including phenoxy) is 2. The Bertz CT molecular complexity index is 467. The summed E-state index contributed by atoms with van der Waals surface area (Å²) in [6.07, 6.45) is -0.648. The summed E-state index contributed by atoms with van der Waals surface area (Å²) in [5.74, 6) is 1.25. The highest BCUT2D eigenvalue weighted by Crippen LogP contribution is 2.34. The number of carbonyl (C=O) groups is 1. The number of rotatable bonds is 2. The van der Waals surface area contributed by atoms with Crippen molar-refractivity contribution in [2.45, 2.75) is 13.8 Å². The third-order valence-corrected chi connectivity index (χ3v) is 1.93. The first-order valence-corrected chi connectivity index (χ1v) is 5.04. The average Bonchev–Trinajstić information content (AvgIpc) is 2.73. The van der Waals surface area contributed by atoms with Crippen molar-refractivity contribution >= 4 is 17.5 Å². The molecular formula is C11H12N2O4. The lowest BCUT2D eigenvalue weighted by molar-refractivity contribution is 0.166. The van der Waals surface area contributed by atoms with E-state index in [9.17, 15) is 4.79 Å². The molecule has 0 unspecified atom stereocenters. The first kappa shape index (κ1) is 11.3. The minimum Gasteiger partial charge on any atom is -0.454 e. The van der Waals surface area contributed by atoms with Crippen molar-refractivity contribution in [3.8, 4) is 11.5 Å². The predicted octanol–water partition coefficient (Wildman–Crippen LogP) is 2.36. The minimum absolute atomic E-state index is 0.197. The molecule has 90 valence electrons. The third-order valence-electron chi connectivity index (χ3n) is 1.93. The van der Waals surface area contributed by atoms with E-state index >= 15 is 0 Å². The number of nitrogens with one attached hydrogen (secondary N) is 1. The van der Waals surface area contributed by atoms with E-state index in [1.165, 1.54) is 0 Å². The van der Waals surface area contributed by atoms with Crippen LogP contribution in [0.2, 0.25) is 0 Å². The van der Waals surface area contributed by atoms with Gasteiger partial charge in [0.1, 0.15) is 0 Å². The maximum absolute atomic E-state index is 11.3. The molecule has 0 fully saturated rings. The maximum atomic E-state index is 11.3. The summed E-state index contributed by atoms with van der Waals surface area (Å²) in [6, 6.07) is 5.07. The van der Waals surface area contributed by atoms with Gasteiger partial charge in [-0.15, -0.1) is 0 Å². The second-order valence-corrected chi connectivity index (χ2v) is 3.61. The van der Waals surface area contributed by atoms with E-state index in [4.69, 9.17) is 9.47 Å². The van der Waals surface area contributed by atoms with E-state index in [1.807, 2.05) is 0 Å². The van der Waals surface area contributed by atoms with Gasteiger partial charge in [-0.2, -0.15) is 0 Å². The number of oxime groups is 1. The Morgan fingerprint density at radius 3 is 2.88 bits per heavy atom. The monoisotopic (exact) mass is 236 g/mol. The minimum atomic E-state index is -0.648. The van der Waals surface area contributed by atoms with Gasteiger partial charge in [0.25, 0.3) is 0 Å². The quantitative estimate of drug-likeness (QED) is 0.486. The Morgan fingerprint density at radius 1 is 1.35 bits per heavy atom. The van der Waals surface area contributed by atoms with E-state index in [1.54, 1.807) is 32.0 Å². The number of carbonyl (C=O) groups excluding carboxylic acids is 1. The molecule has 0 radical (unpaired) electrons. The third kappa shape index (κ3) is 2.87. The maximum Gasteiger partial charge on any atom is 0.437 e. The Hall–Kier alpha value is -2.24. The van der Waals surface area contributed by atoms with E-state index < -0.39 is 6.09 Å². The number of fused-ring (bicyclic) bond motifs is 1. The summed E-state index contributed by atoms with van der Waals surface area (Å²) in [5, 5.41) is 6.07. The first-order valence-electron chi connectivity index (χ1n) is 5.04. The van der Waals surface area contributed by atoms with Gasteiger partial charge in [-0.05, 0) is 26.0 Å². The zero-order valence-corrected chi connectivity index (χ0v) is 9.52. The number of hydrogen-bond donors (Lipinski definition) is 1. The van der Waals surface area contributed by atoms with Crippen molar-refractivity contribution in [3.05, 3.63) is 18.2 Å². The van der Waals surface area contributed by atoms with Gasteiger partial charge < -0.3 is 9.47 Å². The van der Waals surface area contributed by atoms with Crippen molar-refractivity contribution in [2.24, 2.45) is 5.16 Å². The van der Waals surface area contributed by atoms with Gasteiger partial charge in [-0.1, -0.05) is 5.16 Å². The molecule has 1 amide bonds. The lowest BCUT2D eigenvalue weighted by Gasteiger charge is -2.03. The molecule has 0 aliphatic carbocycles. The van der Waals surface area contributed by atoms with Crippen LogP contribution in [0.4, 0.5) is 10.5 Å². The van der Waals surface area contributed by atoms with Crippen LogP contribution in [0, 0.1) is 0 Å². The Kier molecular flexibility index (Phi) is 3.13. The Morgan fingerprint density at radius 2 is 2.12 bits per heavy atom. The number of hydrogen-bond acceptors (Lipinski definition) is 5. The van der Waals surface area contributed by atoms with Gasteiger partial charge >= 0.3 is 6.09 Å². The SMILES string of the molecule is CC(C)=NOC(=O)Nc1ccc2c(c1)OCO2. The fourth-order valence-electron chi connectivity index (χ4n) is 1.25. The fourth-order valence-corrected chi connectivity index (χ4v) is 1.25. The predicted molar refractivity (Wildman–Crippen MR) is 61.5 cm³/mol. The molecule has 1 aliphatic heterocycles.